The van der Waals surface area contributed by atoms with Crippen molar-refractivity contribution in [3.63, 3.8) is 0 Å². The van der Waals surface area contributed by atoms with E-state index in [4.69, 9.17) is 0 Å². The molecule has 0 saturated heterocycles. The van der Waals surface area contributed by atoms with Crippen molar-refractivity contribution in [3.8, 4) is 0 Å². The van der Waals surface area contributed by atoms with E-state index in [1.165, 1.54) is 28.8 Å². The van der Waals surface area contributed by atoms with Gasteiger partial charge in [0.25, 0.3) is 0 Å². The number of para-hydroxylation sites is 1. The van der Waals surface area contributed by atoms with E-state index in [0.29, 0.717) is 28.2 Å². The third-order valence-electron chi connectivity index (χ3n) is 4.60. The van der Waals surface area contributed by atoms with Crippen LogP contribution in [0, 0.1) is 0 Å². The fourth-order valence-corrected chi connectivity index (χ4v) is 4.62. The molecule has 1 aliphatic rings. The zero-order chi connectivity index (χ0) is 20.6. The van der Waals surface area contributed by atoms with E-state index in [-0.39, 0.29) is 17.9 Å². The molecule has 0 radical (unpaired) electrons. The van der Waals surface area contributed by atoms with Crippen LogP contribution in [0.15, 0.2) is 34.7 Å². The molecule has 1 N–H and O–H groups in total. The summed E-state index contributed by atoms with van der Waals surface area (Å²) < 4.78 is 0.716. The predicted octanol–water partition coefficient (Wildman–Crippen LogP) is 3.18. The summed E-state index contributed by atoms with van der Waals surface area (Å²) in [7, 11) is 2.05. The number of anilines is 2. The molecule has 3 rings (SSSR count). The number of benzene rings is 1. The maximum Gasteiger partial charge on any atom is 0.230 e. The Morgan fingerprint density at radius 1 is 1.24 bits per heavy atom. The van der Waals surface area contributed by atoms with Gasteiger partial charge >= 0.3 is 0 Å². The number of hydrogen-bond acceptors (Lipinski definition) is 7. The summed E-state index contributed by atoms with van der Waals surface area (Å²) in [4.78, 5) is 28.2. The first-order valence-corrected chi connectivity index (χ1v) is 11.7. The molecule has 156 valence electrons. The second-order valence-electron chi connectivity index (χ2n) is 6.95. The van der Waals surface area contributed by atoms with Crippen molar-refractivity contribution in [1.82, 2.24) is 15.5 Å². The van der Waals surface area contributed by atoms with Gasteiger partial charge in [0.1, 0.15) is 0 Å². The molecule has 7 nitrogen and oxygen atoms in total. The first kappa shape index (κ1) is 21.6. The molecule has 1 saturated carbocycles. The Balaban J connectivity index is 1.36. The van der Waals surface area contributed by atoms with Crippen LogP contribution in [0.25, 0.3) is 0 Å². The Morgan fingerprint density at radius 2 is 2.00 bits per heavy atom. The van der Waals surface area contributed by atoms with E-state index in [9.17, 15) is 9.59 Å². The van der Waals surface area contributed by atoms with Gasteiger partial charge < -0.3 is 10.2 Å². The molecule has 0 aliphatic heterocycles. The average molecular weight is 434 g/mol. The third kappa shape index (κ3) is 6.43. The second kappa shape index (κ2) is 10.6. The monoisotopic (exact) mass is 433 g/mol. The van der Waals surface area contributed by atoms with Crippen LogP contribution >= 0.6 is 23.1 Å². The Hall–Kier alpha value is -2.13. The number of carbonyl (C=O) groups is 2. The molecular weight excluding hydrogens is 406 g/mol. The van der Waals surface area contributed by atoms with Gasteiger partial charge in [-0.15, -0.1) is 10.2 Å². The van der Waals surface area contributed by atoms with Gasteiger partial charge in [-0.1, -0.05) is 48.2 Å². The third-order valence-corrected chi connectivity index (χ3v) is 6.66. The lowest BCUT2D eigenvalue weighted by Crippen LogP contribution is -2.32. The highest BCUT2D eigenvalue weighted by Crippen LogP contribution is 2.36. The van der Waals surface area contributed by atoms with Crippen LogP contribution in [0.1, 0.15) is 32.6 Å². The van der Waals surface area contributed by atoms with Gasteiger partial charge in [-0.05, 0) is 31.4 Å². The molecule has 0 atom stereocenters. The maximum atomic E-state index is 12.1. The Labute approximate surface area is 179 Å². The van der Waals surface area contributed by atoms with Crippen molar-refractivity contribution in [2.24, 2.45) is 0 Å². The highest BCUT2D eigenvalue weighted by molar-refractivity contribution is 8.01. The van der Waals surface area contributed by atoms with Crippen LogP contribution in [0.3, 0.4) is 0 Å². The van der Waals surface area contributed by atoms with Gasteiger partial charge in [0, 0.05) is 38.3 Å². The van der Waals surface area contributed by atoms with Crippen molar-refractivity contribution in [2.45, 2.75) is 43.0 Å². The minimum Gasteiger partial charge on any atom is -0.375 e. The molecule has 2 aromatic rings. The van der Waals surface area contributed by atoms with Gasteiger partial charge in [-0.3, -0.25) is 14.5 Å². The number of carbonyl (C=O) groups excluding carboxylic acids is 2. The minimum absolute atomic E-state index is 0.0159. The molecular formula is C20H27N5O2S2. The Bertz CT molecular complexity index is 810. The summed E-state index contributed by atoms with van der Waals surface area (Å²) in [6.07, 6.45) is 3.38. The first-order valence-electron chi connectivity index (χ1n) is 9.89. The lowest BCUT2D eigenvalue weighted by molar-refractivity contribution is -0.119. The maximum absolute atomic E-state index is 12.1. The van der Waals surface area contributed by atoms with Crippen LogP contribution < -0.4 is 15.1 Å². The fourth-order valence-electron chi connectivity index (χ4n) is 2.86. The van der Waals surface area contributed by atoms with E-state index in [2.05, 4.69) is 32.5 Å². The number of aromatic nitrogens is 2. The number of thioether (sulfide) groups is 1. The number of hydrogen-bond donors (Lipinski definition) is 1. The van der Waals surface area contributed by atoms with Crippen LogP contribution in [0.5, 0.6) is 0 Å². The van der Waals surface area contributed by atoms with Crippen LogP contribution in [-0.2, 0) is 9.59 Å². The molecule has 1 heterocycles. The number of nitrogens with zero attached hydrogens (tertiary/aromatic N) is 4. The smallest absolute Gasteiger partial charge is 0.230 e. The minimum atomic E-state index is -0.0159. The van der Waals surface area contributed by atoms with E-state index in [1.54, 1.807) is 4.90 Å². The standard InChI is InChI=1S/C20H27N5O2S2/c1-3-18(27)25(16-10-11-16)19-22-23-20(29-19)28-14-17(26)21-12-7-13-24(2)15-8-5-4-6-9-15/h4-6,8-9,16H,3,7,10-14H2,1-2H3,(H,21,26). The normalized spacial score (nSPS) is 13.2. The van der Waals surface area contributed by atoms with Crippen molar-refractivity contribution in [3.05, 3.63) is 30.3 Å². The Morgan fingerprint density at radius 3 is 2.69 bits per heavy atom. The molecule has 1 aliphatic carbocycles. The fraction of sp³-hybridized carbons (Fsp3) is 0.500. The number of rotatable bonds is 11. The lowest BCUT2D eigenvalue weighted by Gasteiger charge is -2.19. The molecule has 9 heteroatoms. The van der Waals surface area contributed by atoms with Crippen molar-refractivity contribution in [2.75, 3.05) is 35.7 Å². The van der Waals surface area contributed by atoms with Crippen LogP contribution in [-0.4, -0.2) is 53.9 Å². The topological polar surface area (TPSA) is 78.4 Å². The van der Waals surface area contributed by atoms with Gasteiger partial charge in [0.05, 0.1) is 5.75 Å². The summed E-state index contributed by atoms with van der Waals surface area (Å²) in [5, 5.41) is 11.9. The van der Waals surface area contributed by atoms with E-state index in [0.717, 1.165) is 25.8 Å². The van der Waals surface area contributed by atoms with Crippen LogP contribution in [0.2, 0.25) is 0 Å². The van der Waals surface area contributed by atoms with Gasteiger partial charge in [-0.25, -0.2) is 0 Å². The molecule has 1 aromatic carbocycles. The number of amides is 2. The second-order valence-corrected chi connectivity index (χ2v) is 9.13. The highest BCUT2D eigenvalue weighted by Gasteiger charge is 2.35. The SMILES string of the molecule is CCC(=O)N(c1nnc(SCC(=O)NCCCN(C)c2ccccc2)s1)C1CC1. The van der Waals surface area contributed by atoms with Crippen molar-refractivity contribution < 1.29 is 9.59 Å². The summed E-state index contributed by atoms with van der Waals surface area (Å²) in [6.45, 7) is 3.37. The van der Waals surface area contributed by atoms with E-state index < -0.39 is 0 Å². The summed E-state index contributed by atoms with van der Waals surface area (Å²) in [6, 6.07) is 10.5. The summed E-state index contributed by atoms with van der Waals surface area (Å²) in [5.41, 5.74) is 1.17. The predicted molar refractivity (Wildman–Crippen MR) is 119 cm³/mol. The quantitative estimate of drug-likeness (QED) is 0.333. The Kier molecular flexibility index (Phi) is 7.88. The molecule has 1 aromatic heterocycles. The van der Waals surface area contributed by atoms with Crippen molar-refractivity contribution in [1.29, 1.82) is 0 Å². The zero-order valence-electron chi connectivity index (χ0n) is 16.8. The van der Waals surface area contributed by atoms with Crippen molar-refractivity contribution >= 4 is 45.7 Å². The molecule has 0 bridgehead atoms. The molecule has 1 fully saturated rings. The van der Waals surface area contributed by atoms with Gasteiger partial charge in [0.15, 0.2) is 4.34 Å². The highest BCUT2D eigenvalue weighted by atomic mass is 32.2. The summed E-state index contributed by atoms with van der Waals surface area (Å²) in [5.74, 6) is 0.366. The van der Waals surface area contributed by atoms with E-state index in [1.807, 2.05) is 32.2 Å². The van der Waals surface area contributed by atoms with E-state index >= 15 is 0 Å². The summed E-state index contributed by atoms with van der Waals surface area (Å²) >= 11 is 2.75. The molecule has 0 unspecified atom stereocenters. The number of nitrogens with one attached hydrogen (secondary N) is 1. The molecule has 0 spiro atoms. The average Bonchev–Trinajstić information content (AvgIpc) is 3.47. The molecule has 29 heavy (non-hydrogen) atoms. The van der Waals surface area contributed by atoms with Crippen LogP contribution in [0.4, 0.5) is 10.8 Å². The zero-order valence-corrected chi connectivity index (χ0v) is 18.5. The largest absolute Gasteiger partial charge is 0.375 e. The first-order chi connectivity index (χ1) is 14.1. The lowest BCUT2D eigenvalue weighted by atomic mass is 10.3. The van der Waals surface area contributed by atoms with Gasteiger partial charge in [-0.2, -0.15) is 0 Å². The van der Waals surface area contributed by atoms with Gasteiger partial charge in [0.2, 0.25) is 16.9 Å². The molecule has 2 amide bonds.